The minimum absolute atomic E-state index is 0.268. The average molecular weight is 286 g/mol. The number of aromatic nitrogens is 1. The van der Waals surface area contributed by atoms with Crippen molar-refractivity contribution in [3.63, 3.8) is 0 Å². The molecule has 1 amide bonds. The minimum Gasteiger partial charge on any atom is -0.389 e. The van der Waals surface area contributed by atoms with Gasteiger partial charge in [0.15, 0.2) is 0 Å². The summed E-state index contributed by atoms with van der Waals surface area (Å²) >= 11 is 5.04. The predicted molar refractivity (Wildman–Crippen MR) is 83.1 cm³/mol. The fourth-order valence-electron chi connectivity index (χ4n) is 1.85. The average Bonchev–Trinajstić information content (AvgIpc) is 2.38. The van der Waals surface area contributed by atoms with Crippen LogP contribution in [0.1, 0.15) is 21.5 Å². The van der Waals surface area contributed by atoms with Crippen LogP contribution in [0.2, 0.25) is 0 Å². The number of hydrogen-bond donors (Lipinski definition) is 3. The summed E-state index contributed by atoms with van der Waals surface area (Å²) in [5, 5.41) is 3.10. The zero-order chi connectivity index (χ0) is 14.7. The lowest BCUT2D eigenvalue weighted by molar-refractivity contribution is 0.100. The van der Waals surface area contributed by atoms with E-state index in [1.54, 1.807) is 30.5 Å². The highest BCUT2D eigenvalue weighted by Gasteiger charge is 2.10. The molecule has 102 valence electrons. The van der Waals surface area contributed by atoms with E-state index in [2.05, 4.69) is 10.3 Å². The number of amides is 1. The molecule has 0 aliphatic heterocycles. The van der Waals surface area contributed by atoms with Gasteiger partial charge in [0.1, 0.15) is 10.8 Å². The van der Waals surface area contributed by atoms with E-state index in [1.807, 2.05) is 13.0 Å². The third-order valence-corrected chi connectivity index (χ3v) is 3.02. The number of rotatable bonds is 4. The maximum atomic E-state index is 11.2. The molecule has 1 aromatic carbocycles. The zero-order valence-electron chi connectivity index (χ0n) is 10.9. The van der Waals surface area contributed by atoms with E-state index in [0.717, 1.165) is 5.56 Å². The van der Waals surface area contributed by atoms with Gasteiger partial charge in [-0.2, -0.15) is 0 Å². The van der Waals surface area contributed by atoms with Gasteiger partial charge in [0.25, 0.3) is 0 Å². The first-order valence-corrected chi connectivity index (χ1v) is 6.32. The molecule has 0 spiro atoms. The third-order valence-electron chi connectivity index (χ3n) is 2.82. The highest BCUT2D eigenvalue weighted by molar-refractivity contribution is 7.80. The Bertz CT molecular complexity index is 685. The number of benzene rings is 1. The van der Waals surface area contributed by atoms with Crippen molar-refractivity contribution in [2.45, 2.75) is 6.92 Å². The molecule has 0 atom stereocenters. The Labute approximate surface area is 122 Å². The number of carbonyl (C=O) groups excluding carboxylic acids is 1. The summed E-state index contributed by atoms with van der Waals surface area (Å²) in [6.07, 6.45) is 1.66. The van der Waals surface area contributed by atoms with Crippen molar-refractivity contribution in [1.29, 1.82) is 0 Å². The van der Waals surface area contributed by atoms with Gasteiger partial charge >= 0.3 is 0 Å². The normalized spacial score (nSPS) is 10.1. The number of pyridine rings is 1. The van der Waals surface area contributed by atoms with Gasteiger partial charge in [-0.3, -0.25) is 4.79 Å². The van der Waals surface area contributed by atoms with Crippen LogP contribution in [0, 0.1) is 6.92 Å². The number of nitrogens with two attached hydrogens (primary N) is 2. The Kier molecular flexibility index (Phi) is 3.95. The number of thiocarbonyl (C=S) groups is 1. The van der Waals surface area contributed by atoms with Gasteiger partial charge in [0, 0.05) is 17.4 Å². The topological polar surface area (TPSA) is 94.0 Å². The summed E-state index contributed by atoms with van der Waals surface area (Å²) in [4.78, 5) is 15.7. The van der Waals surface area contributed by atoms with E-state index < -0.39 is 5.91 Å². The van der Waals surface area contributed by atoms with Crippen molar-refractivity contribution in [3.8, 4) is 0 Å². The quantitative estimate of drug-likeness (QED) is 0.746. The molecular weight excluding hydrogens is 272 g/mol. The maximum Gasteiger partial charge on any atom is 0.248 e. The van der Waals surface area contributed by atoms with E-state index in [0.29, 0.717) is 22.6 Å². The van der Waals surface area contributed by atoms with Crippen molar-refractivity contribution >= 4 is 34.6 Å². The number of nitrogens with one attached hydrogen (secondary N) is 1. The maximum absolute atomic E-state index is 11.2. The second-order valence-electron chi connectivity index (χ2n) is 4.29. The Morgan fingerprint density at radius 2 is 2.05 bits per heavy atom. The lowest BCUT2D eigenvalue weighted by atomic mass is 10.1. The fourth-order valence-corrected chi connectivity index (χ4v) is 2.11. The first-order valence-electron chi connectivity index (χ1n) is 5.91. The second kappa shape index (κ2) is 5.66. The number of carbonyl (C=O) groups is 1. The summed E-state index contributed by atoms with van der Waals surface area (Å²) < 4.78 is 0. The van der Waals surface area contributed by atoms with Crippen LogP contribution in [0.3, 0.4) is 0 Å². The van der Waals surface area contributed by atoms with E-state index in [4.69, 9.17) is 23.7 Å². The summed E-state index contributed by atoms with van der Waals surface area (Å²) in [5.74, 6) is 0.0690. The van der Waals surface area contributed by atoms with E-state index in [1.165, 1.54) is 0 Å². The predicted octanol–water partition coefficient (Wildman–Crippen LogP) is 1.87. The first kappa shape index (κ1) is 14.0. The Morgan fingerprint density at radius 3 is 2.70 bits per heavy atom. The summed E-state index contributed by atoms with van der Waals surface area (Å²) in [5.41, 5.74) is 13.7. The molecule has 20 heavy (non-hydrogen) atoms. The smallest absolute Gasteiger partial charge is 0.248 e. The molecule has 2 aromatic rings. The van der Waals surface area contributed by atoms with Gasteiger partial charge < -0.3 is 16.8 Å². The summed E-state index contributed by atoms with van der Waals surface area (Å²) in [6.45, 7) is 1.90. The molecular formula is C14H14N4OS. The monoisotopic (exact) mass is 286 g/mol. The van der Waals surface area contributed by atoms with Gasteiger partial charge in [-0.15, -0.1) is 0 Å². The second-order valence-corrected chi connectivity index (χ2v) is 4.73. The summed E-state index contributed by atoms with van der Waals surface area (Å²) in [7, 11) is 0. The standard InChI is InChI=1S/C14H14N4OS/c1-8-5-6-17-14(11(8)13(16)20)18-10-4-2-3-9(7-10)12(15)19/h2-7H,1H3,(H2,15,19)(H2,16,20)(H,17,18). The number of nitrogens with zero attached hydrogens (tertiary/aromatic N) is 1. The van der Waals surface area contributed by atoms with Crippen molar-refractivity contribution in [3.05, 3.63) is 53.2 Å². The van der Waals surface area contributed by atoms with Crippen LogP contribution in [-0.4, -0.2) is 15.9 Å². The van der Waals surface area contributed by atoms with Crippen molar-refractivity contribution < 1.29 is 4.79 Å². The number of primary amides is 1. The van der Waals surface area contributed by atoms with E-state index in [-0.39, 0.29) is 4.99 Å². The molecule has 0 radical (unpaired) electrons. The lowest BCUT2D eigenvalue weighted by Crippen LogP contribution is -2.15. The van der Waals surface area contributed by atoms with Crippen LogP contribution in [0.25, 0.3) is 0 Å². The Morgan fingerprint density at radius 1 is 1.30 bits per heavy atom. The minimum atomic E-state index is -0.486. The van der Waals surface area contributed by atoms with Crippen molar-refractivity contribution in [2.75, 3.05) is 5.32 Å². The van der Waals surface area contributed by atoms with Crippen LogP contribution in [0.5, 0.6) is 0 Å². The number of anilines is 2. The Hall–Kier alpha value is -2.47. The first-order chi connectivity index (χ1) is 9.49. The molecule has 0 saturated carbocycles. The number of aryl methyl sites for hydroxylation is 1. The number of hydrogen-bond acceptors (Lipinski definition) is 4. The van der Waals surface area contributed by atoms with Gasteiger partial charge in [0.2, 0.25) is 5.91 Å². The summed E-state index contributed by atoms with van der Waals surface area (Å²) in [6, 6.07) is 8.67. The Balaban J connectivity index is 2.40. The van der Waals surface area contributed by atoms with Crippen LogP contribution < -0.4 is 16.8 Å². The molecule has 1 aromatic heterocycles. The van der Waals surface area contributed by atoms with Crippen LogP contribution >= 0.6 is 12.2 Å². The molecule has 0 fully saturated rings. The molecule has 0 aliphatic rings. The fraction of sp³-hybridized carbons (Fsp3) is 0.0714. The molecule has 6 heteroatoms. The van der Waals surface area contributed by atoms with E-state index in [9.17, 15) is 4.79 Å². The van der Waals surface area contributed by atoms with Gasteiger partial charge in [-0.05, 0) is 36.8 Å². The molecule has 0 unspecified atom stereocenters. The lowest BCUT2D eigenvalue weighted by Gasteiger charge is -2.12. The molecule has 5 nitrogen and oxygen atoms in total. The van der Waals surface area contributed by atoms with Gasteiger partial charge in [-0.1, -0.05) is 18.3 Å². The third kappa shape index (κ3) is 2.92. The van der Waals surface area contributed by atoms with Crippen molar-refractivity contribution in [2.24, 2.45) is 11.5 Å². The molecule has 5 N–H and O–H groups in total. The molecule has 0 saturated heterocycles. The highest BCUT2D eigenvalue weighted by Crippen LogP contribution is 2.21. The van der Waals surface area contributed by atoms with Gasteiger partial charge in [0.05, 0.1) is 5.56 Å². The molecule has 2 rings (SSSR count). The van der Waals surface area contributed by atoms with Crippen LogP contribution in [0.15, 0.2) is 36.5 Å². The molecule has 0 bridgehead atoms. The zero-order valence-corrected chi connectivity index (χ0v) is 11.7. The van der Waals surface area contributed by atoms with Crippen molar-refractivity contribution in [1.82, 2.24) is 4.98 Å². The highest BCUT2D eigenvalue weighted by atomic mass is 32.1. The molecule has 1 heterocycles. The van der Waals surface area contributed by atoms with Gasteiger partial charge in [-0.25, -0.2) is 4.98 Å². The molecule has 0 aliphatic carbocycles. The van der Waals surface area contributed by atoms with Crippen LogP contribution in [-0.2, 0) is 0 Å². The largest absolute Gasteiger partial charge is 0.389 e. The van der Waals surface area contributed by atoms with E-state index >= 15 is 0 Å². The van der Waals surface area contributed by atoms with Crippen LogP contribution in [0.4, 0.5) is 11.5 Å². The SMILES string of the molecule is Cc1ccnc(Nc2cccc(C(N)=O)c2)c1C(N)=S.